The third-order valence-corrected chi connectivity index (χ3v) is 6.87. The minimum Gasteiger partial charge on any atom is -0.335 e. The van der Waals surface area contributed by atoms with E-state index in [1.165, 1.54) is 29.6 Å². The normalized spacial score (nSPS) is 14.2. The number of halogens is 1. The van der Waals surface area contributed by atoms with E-state index in [9.17, 15) is 13.2 Å². The lowest BCUT2D eigenvalue weighted by Gasteiger charge is -2.25. The zero-order valence-corrected chi connectivity index (χ0v) is 17.9. The molecule has 0 aliphatic heterocycles. The molecule has 0 atom stereocenters. The molecular formula is C21H25ClN2O3S. The number of amides is 1. The average Bonchev–Trinajstić information content (AvgIpc) is 3.50. The van der Waals surface area contributed by atoms with Gasteiger partial charge in [0, 0.05) is 19.6 Å². The van der Waals surface area contributed by atoms with Crippen molar-refractivity contribution in [3.63, 3.8) is 0 Å². The highest BCUT2D eigenvalue weighted by atomic mass is 35.5. The second-order valence-corrected chi connectivity index (χ2v) is 9.91. The molecule has 3 rings (SSSR count). The highest BCUT2D eigenvalue weighted by Gasteiger charge is 2.34. The molecule has 0 saturated heterocycles. The Bertz CT molecular complexity index is 957. The maximum atomic E-state index is 13.1. The number of rotatable bonds is 7. The van der Waals surface area contributed by atoms with E-state index < -0.39 is 10.0 Å². The second kappa shape index (κ2) is 8.13. The van der Waals surface area contributed by atoms with Gasteiger partial charge in [-0.05, 0) is 49.1 Å². The van der Waals surface area contributed by atoms with E-state index in [0.717, 1.165) is 12.8 Å². The lowest BCUT2D eigenvalue weighted by molar-refractivity contribution is 0.0722. The van der Waals surface area contributed by atoms with E-state index in [4.69, 9.17) is 11.6 Å². The molecule has 0 unspecified atom stereocenters. The molecule has 0 heterocycles. The Kier molecular flexibility index (Phi) is 6.01. The van der Waals surface area contributed by atoms with Crippen molar-refractivity contribution in [1.82, 2.24) is 4.90 Å². The first-order valence-electron chi connectivity index (χ1n) is 9.36. The Labute approximate surface area is 172 Å². The van der Waals surface area contributed by atoms with Crippen molar-refractivity contribution in [3.05, 3.63) is 59.1 Å². The van der Waals surface area contributed by atoms with E-state index in [2.05, 4.69) is 13.8 Å². The summed E-state index contributed by atoms with van der Waals surface area (Å²) in [4.78, 5) is 15.0. The summed E-state index contributed by atoms with van der Waals surface area (Å²) < 4.78 is 27.3. The summed E-state index contributed by atoms with van der Waals surface area (Å²) in [5.74, 6) is 0.111. The van der Waals surface area contributed by atoms with E-state index in [1.54, 1.807) is 24.3 Å². The highest BCUT2D eigenvalue weighted by Crippen LogP contribution is 2.32. The number of sulfonamides is 1. The molecule has 1 aliphatic rings. The summed E-state index contributed by atoms with van der Waals surface area (Å²) in [5, 5.41) is 0.265. The number of anilines is 1. The Morgan fingerprint density at radius 2 is 1.79 bits per heavy atom. The first kappa shape index (κ1) is 20.7. The van der Waals surface area contributed by atoms with Crippen molar-refractivity contribution in [3.8, 4) is 0 Å². The van der Waals surface area contributed by atoms with Crippen LogP contribution in [-0.4, -0.2) is 38.9 Å². The number of nitrogens with zero attached hydrogens (tertiary/aromatic N) is 2. The molecule has 0 N–H and O–H groups in total. The van der Waals surface area contributed by atoms with Crippen LogP contribution in [0.4, 0.5) is 5.69 Å². The van der Waals surface area contributed by atoms with Crippen LogP contribution in [0.15, 0.2) is 53.4 Å². The molecule has 2 aromatic rings. The number of para-hydroxylation sites is 1. The molecular weight excluding hydrogens is 396 g/mol. The lowest BCUT2D eigenvalue weighted by Crippen LogP contribution is -2.36. The molecule has 2 aromatic carbocycles. The Morgan fingerprint density at radius 1 is 1.14 bits per heavy atom. The molecule has 1 saturated carbocycles. The van der Waals surface area contributed by atoms with Crippen LogP contribution in [0.2, 0.25) is 5.02 Å². The minimum atomic E-state index is -3.81. The van der Waals surface area contributed by atoms with Gasteiger partial charge in [0.05, 0.1) is 21.2 Å². The van der Waals surface area contributed by atoms with E-state index in [-0.39, 0.29) is 27.4 Å². The fourth-order valence-corrected chi connectivity index (χ4v) is 4.52. The van der Waals surface area contributed by atoms with Crippen LogP contribution in [-0.2, 0) is 10.0 Å². The Balaban J connectivity index is 1.95. The molecule has 0 radical (unpaired) electrons. The van der Waals surface area contributed by atoms with Gasteiger partial charge in [-0.2, -0.15) is 0 Å². The van der Waals surface area contributed by atoms with Crippen LogP contribution < -0.4 is 4.31 Å². The number of carbonyl (C=O) groups excluding carboxylic acids is 1. The summed E-state index contributed by atoms with van der Waals surface area (Å²) in [5.41, 5.74) is 0.779. The van der Waals surface area contributed by atoms with Gasteiger partial charge < -0.3 is 4.90 Å². The topological polar surface area (TPSA) is 57.7 Å². The number of hydrogen-bond acceptors (Lipinski definition) is 3. The third kappa shape index (κ3) is 4.33. The number of hydrogen-bond donors (Lipinski definition) is 0. The quantitative estimate of drug-likeness (QED) is 0.665. The largest absolute Gasteiger partial charge is 0.335 e. The Morgan fingerprint density at radius 3 is 2.36 bits per heavy atom. The predicted octanol–water partition coefficient (Wildman–Crippen LogP) is 4.43. The van der Waals surface area contributed by atoms with Gasteiger partial charge in [0.1, 0.15) is 0 Å². The molecule has 7 heteroatoms. The maximum absolute atomic E-state index is 13.1. The fourth-order valence-electron chi connectivity index (χ4n) is 3.10. The molecule has 1 aliphatic carbocycles. The van der Waals surface area contributed by atoms with Crippen molar-refractivity contribution >= 4 is 33.2 Å². The zero-order valence-electron chi connectivity index (χ0n) is 16.3. The molecule has 0 bridgehead atoms. The highest BCUT2D eigenvalue weighted by molar-refractivity contribution is 7.92. The van der Waals surface area contributed by atoms with Gasteiger partial charge in [0.25, 0.3) is 15.9 Å². The van der Waals surface area contributed by atoms with Crippen molar-refractivity contribution in [2.75, 3.05) is 17.9 Å². The molecule has 1 fully saturated rings. The molecule has 28 heavy (non-hydrogen) atoms. The first-order valence-corrected chi connectivity index (χ1v) is 11.2. The van der Waals surface area contributed by atoms with Crippen LogP contribution in [0.25, 0.3) is 0 Å². The zero-order chi connectivity index (χ0) is 20.5. The summed E-state index contributed by atoms with van der Waals surface area (Å²) in [6, 6.07) is 13.4. The van der Waals surface area contributed by atoms with E-state index in [1.807, 2.05) is 11.0 Å². The predicted molar refractivity (Wildman–Crippen MR) is 112 cm³/mol. The summed E-state index contributed by atoms with van der Waals surface area (Å²) in [6.07, 6.45) is 1.95. The molecule has 0 spiro atoms. The van der Waals surface area contributed by atoms with Crippen molar-refractivity contribution < 1.29 is 13.2 Å². The van der Waals surface area contributed by atoms with Crippen LogP contribution in [0.1, 0.15) is 37.0 Å². The number of benzene rings is 2. The van der Waals surface area contributed by atoms with Gasteiger partial charge in [-0.1, -0.05) is 43.6 Å². The van der Waals surface area contributed by atoms with E-state index >= 15 is 0 Å². The fraction of sp³-hybridized carbons (Fsp3) is 0.381. The summed E-state index contributed by atoms with van der Waals surface area (Å²) in [6.45, 7) is 4.74. The van der Waals surface area contributed by atoms with Crippen LogP contribution >= 0.6 is 11.6 Å². The molecule has 150 valence electrons. The standard InChI is InChI=1S/C21H25ClN2O3S/c1-15(2)14-24(17-9-10-17)21(25)19-13-18(11-12-20(19)22)28(26,27)23(3)16-7-5-4-6-8-16/h4-8,11-13,15,17H,9-10,14H2,1-3H3. The molecule has 5 nitrogen and oxygen atoms in total. The van der Waals surface area contributed by atoms with Gasteiger partial charge in [-0.15, -0.1) is 0 Å². The minimum absolute atomic E-state index is 0.0481. The summed E-state index contributed by atoms with van der Waals surface area (Å²) in [7, 11) is -2.32. The summed E-state index contributed by atoms with van der Waals surface area (Å²) >= 11 is 6.29. The molecule has 0 aromatic heterocycles. The van der Waals surface area contributed by atoms with Crippen molar-refractivity contribution in [2.45, 2.75) is 37.6 Å². The van der Waals surface area contributed by atoms with Gasteiger partial charge in [-0.25, -0.2) is 8.42 Å². The number of carbonyl (C=O) groups is 1. The average molecular weight is 421 g/mol. The van der Waals surface area contributed by atoms with Gasteiger partial charge >= 0.3 is 0 Å². The Hall–Kier alpha value is -2.05. The monoisotopic (exact) mass is 420 g/mol. The maximum Gasteiger partial charge on any atom is 0.264 e. The third-order valence-electron chi connectivity index (χ3n) is 4.76. The first-order chi connectivity index (χ1) is 13.2. The van der Waals surface area contributed by atoms with Gasteiger partial charge in [0.15, 0.2) is 0 Å². The van der Waals surface area contributed by atoms with Crippen LogP contribution in [0, 0.1) is 5.92 Å². The second-order valence-electron chi connectivity index (χ2n) is 7.53. The smallest absolute Gasteiger partial charge is 0.264 e. The lowest BCUT2D eigenvalue weighted by atomic mass is 10.1. The van der Waals surface area contributed by atoms with Crippen LogP contribution in [0.5, 0.6) is 0 Å². The van der Waals surface area contributed by atoms with E-state index in [0.29, 0.717) is 18.2 Å². The van der Waals surface area contributed by atoms with Gasteiger partial charge in [0.2, 0.25) is 0 Å². The van der Waals surface area contributed by atoms with Crippen molar-refractivity contribution in [2.24, 2.45) is 5.92 Å². The molecule has 1 amide bonds. The SMILES string of the molecule is CC(C)CN(C(=O)c1cc(S(=O)(=O)N(C)c2ccccc2)ccc1Cl)C1CC1. The van der Waals surface area contributed by atoms with Crippen molar-refractivity contribution in [1.29, 1.82) is 0 Å². The van der Waals surface area contributed by atoms with Crippen LogP contribution in [0.3, 0.4) is 0 Å². The van der Waals surface area contributed by atoms with Gasteiger partial charge in [-0.3, -0.25) is 9.10 Å².